The molecular weight excluding hydrogens is 423 g/mol. The number of benzene rings is 2. The molecule has 0 saturated carbocycles. The van der Waals surface area contributed by atoms with E-state index in [0.29, 0.717) is 23.1 Å². The molecule has 6 nitrogen and oxygen atoms in total. The largest absolute Gasteiger partial charge is 0.507 e. The number of carbonyl (C=O) groups excluding carboxylic acids is 2. The van der Waals surface area contributed by atoms with Gasteiger partial charge in [-0.25, -0.2) is 4.39 Å². The molecule has 0 radical (unpaired) electrons. The number of aliphatic hydroxyl groups is 1. The van der Waals surface area contributed by atoms with Crippen LogP contribution in [0.5, 0.6) is 5.75 Å². The molecule has 7 heteroatoms. The summed E-state index contributed by atoms with van der Waals surface area (Å²) in [7, 11) is 0. The first kappa shape index (κ1) is 20.9. The number of carbonyl (C=O) groups is 2. The minimum atomic E-state index is -0.804. The van der Waals surface area contributed by atoms with E-state index in [1.165, 1.54) is 17.0 Å². The fourth-order valence-electron chi connectivity index (χ4n) is 4.45. The molecule has 33 heavy (non-hydrogen) atoms. The van der Waals surface area contributed by atoms with Crippen molar-refractivity contribution in [3.8, 4) is 5.75 Å². The molecule has 1 amide bonds. The molecule has 2 unspecified atom stereocenters. The highest BCUT2D eigenvalue weighted by atomic mass is 19.1. The SMILES string of the molecule is CC1Cc2cc(/C(O)=C3/C(=O)C(=O)N(Cc4ccc(F)cc4)C3c3ccncc3)ccc2O1. The first-order chi connectivity index (χ1) is 15.9. The third-order valence-corrected chi connectivity index (χ3v) is 6.00. The van der Waals surface area contributed by atoms with Crippen LogP contribution in [0.25, 0.3) is 5.76 Å². The molecule has 2 aromatic carbocycles. The molecular formula is C26H21FN2O4. The Labute approximate surface area is 190 Å². The highest BCUT2D eigenvalue weighted by Crippen LogP contribution is 2.41. The van der Waals surface area contributed by atoms with Gasteiger partial charge in [0.05, 0.1) is 11.6 Å². The number of aromatic nitrogens is 1. The first-order valence-electron chi connectivity index (χ1n) is 10.6. The number of ether oxygens (including phenoxy) is 1. The summed E-state index contributed by atoms with van der Waals surface area (Å²) in [6.07, 6.45) is 3.88. The van der Waals surface area contributed by atoms with E-state index in [4.69, 9.17) is 4.74 Å². The third-order valence-electron chi connectivity index (χ3n) is 6.00. The summed E-state index contributed by atoms with van der Waals surface area (Å²) < 4.78 is 19.1. The lowest BCUT2D eigenvalue weighted by Gasteiger charge is -2.25. The number of nitrogens with zero attached hydrogens (tertiary/aromatic N) is 2. The van der Waals surface area contributed by atoms with Crippen molar-refractivity contribution in [3.63, 3.8) is 0 Å². The zero-order chi connectivity index (χ0) is 23.1. The van der Waals surface area contributed by atoms with Crippen LogP contribution in [0.15, 0.2) is 72.6 Å². The Morgan fingerprint density at radius 1 is 1.12 bits per heavy atom. The molecule has 0 spiro atoms. The van der Waals surface area contributed by atoms with Gasteiger partial charge >= 0.3 is 0 Å². The fourth-order valence-corrected chi connectivity index (χ4v) is 4.45. The molecule has 1 fully saturated rings. The molecule has 166 valence electrons. The fraction of sp³-hybridized carbons (Fsp3) is 0.192. The van der Waals surface area contributed by atoms with Gasteiger partial charge in [0.1, 0.15) is 23.4 Å². The van der Waals surface area contributed by atoms with E-state index in [-0.39, 0.29) is 29.8 Å². The van der Waals surface area contributed by atoms with E-state index in [0.717, 1.165) is 11.3 Å². The number of hydrogen-bond acceptors (Lipinski definition) is 5. The van der Waals surface area contributed by atoms with Gasteiger partial charge < -0.3 is 14.7 Å². The van der Waals surface area contributed by atoms with Crippen LogP contribution in [0.1, 0.15) is 35.2 Å². The zero-order valence-electron chi connectivity index (χ0n) is 17.9. The number of pyridine rings is 1. The number of Topliss-reactive ketones (excluding diaryl/α,β-unsaturated/α-hetero) is 1. The third kappa shape index (κ3) is 3.75. The molecule has 5 rings (SSSR count). The Bertz CT molecular complexity index is 1270. The van der Waals surface area contributed by atoms with Gasteiger partial charge in [0.2, 0.25) is 0 Å². The van der Waals surface area contributed by atoms with Crippen molar-refractivity contribution < 1.29 is 23.8 Å². The molecule has 2 aliphatic rings. The van der Waals surface area contributed by atoms with Crippen molar-refractivity contribution in [1.82, 2.24) is 9.88 Å². The minimum absolute atomic E-state index is 0.0141. The summed E-state index contributed by atoms with van der Waals surface area (Å²) >= 11 is 0. The topological polar surface area (TPSA) is 79.7 Å². The summed E-state index contributed by atoms with van der Waals surface area (Å²) in [4.78, 5) is 31.6. The molecule has 0 aliphatic carbocycles. The second kappa shape index (κ2) is 8.16. The van der Waals surface area contributed by atoms with Gasteiger partial charge in [0.25, 0.3) is 11.7 Å². The lowest BCUT2D eigenvalue weighted by atomic mass is 9.95. The van der Waals surface area contributed by atoms with Crippen LogP contribution in [0.2, 0.25) is 0 Å². The molecule has 3 aromatic rings. The smallest absolute Gasteiger partial charge is 0.295 e. The second-order valence-corrected chi connectivity index (χ2v) is 8.29. The van der Waals surface area contributed by atoms with E-state index in [2.05, 4.69) is 4.98 Å². The predicted octanol–water partition coefficient (Wildman–Crippen LogP) is 4.17. The second-order valence-electron chi connectivity index (χ2n) is 8.29. The molecule has 3 heterocycles. The number of ketones is 1. The first-order valence-corrected chi connectivity index (χ1v) is 10.6. The average Bonchev–Trinajstić information content (AvgIpc) is 3.31. The van der Waals surface area contributed by atoms with Crippen LogP contribution in [0.3, 0.4) is 0 Å². The lowest BCUT2D eigenvalue weighted by Crippen LogP contribution is -2.29. The van der Waals surface area contributed by atoms with Crippen molar-refractivity contribution in [2.75, 3.05) is 0 Å². The highest BCUT2D eigenvalue weighted by Gasteiger charge is 2.46. The maximum atomic E-state index is 13.4. The van der Waals surface area contributed by atoms with Crippen LogP contribution in [0, 0.1) is 5.82 Å². The number of rotatable bonds is 4. The van der Waals surface area contributed by atoms with Gasteiger partial charge in [-0.1, -0.05) is 12.1 Å². The summed E-state index contributed by atoms with van der Waals surface area (Å²) in [5, 5.41) is 11.2. The van der Waals surface area contributed by atoms with Crippen LogP contribution in [0.4, 0.5) is 4.39 Å². The predicted molar refractivity (Wildman–Crippen MR) is 119 cm³/mol. The molecule has 1 N–H and O–H groups in total. The molecule has 0 bridgehead atoms. The van der Waals surface area contributed by atoms with Gasteiger partial charge in [-0.3, -0.25) is 14.6 Å². The van der Waals surface area contributed by atoms with Gasteiger partial charge in [-0.05, 0) is 66.1 Å². The zero-order valence-corrected chi connectivity index (χ0v) is 17.9. The van der Waals surface area contributed by atoms with Gasteiger partial charge in [0, 0.05) is 30.9 Å². The molecule has 1 saturated heterocycles. The summed E-state index contributed by atoms with van der Waals surface area (Å²) in [5.41, 5.74) is 2.71. The summed E-state index contributed by atoms with van der Waals surface area (Å²) in [5.74, 6) is -1.36. The van der Waals surface area contributed by atoms with Crippen LogP contribution < -0.4 is 4.74 Å². The standard InChI is InChI=1S/C26H21FN2O4/c1-15-12-19-13-18(4-7-21(19)33-15)24(30)22-23(17-8-10-28-11-9-17)29(26(32)25(22)31)14-16-2-5-20(27)6-3-16/h2-11,13,15,23,30H,12,14H2,1H3/b24-22-. The Hall–Kier alpha value is -4.00. The summed E-state index contributed by atoms with van der Waals surface area (Å²) in [6, 6.07) is 13.6. The maximum absolute atomic E-state index is 13.4. The quantitative estimate of drug-likeness (QED) is 0.371. The molecule has 1 aromatic heterocycles. The number of aliphatic hydroxyl groups excluding tert-OH is 1. The Morgan fingerprint density at radius 3 is 2.58 bits per heavy atom. The summed E-state index contributed by atoms with van der Waals surface area (Å²) in [6.45, 7) is 2.05. The van der Waals surface area contributed by atoms with Gasteiger partial charge in [-0.2, -0.15) is 0 Å². The maximum Gasteiger partial charge on any atom is 0.295 e. The van der Waals surface area contributed by atoms with Crippen molar-refractivity contribution in [1.29, 1.82) is 0 Å². The number of halogens is 1. The van der Waals surface area contributed by atoms with Crippen LogP contribution in [-0.4, -0.2) is 32.8 Å². The monoisotopic (exact) mass is 444 g/mol. The molecule has 2 atom stereocenters. The Morgan fingerprint density at radius 2 is 1.85 bits per heavy atom. The van der Waals surface area contributed by atoms with E-state index in [1.54, 1.807) is 54.9 Å². The van der Waals surface area contributed by atoms with E-state index >= 15 is 0 Å². The van der Waals surface area contributed by atoms with Crippen molar-refractivity contribution >= 4 is 17.4 Å². The van der Waals surface area contributed by atoms with Crippen LogP contribution >= 0.6 is 0 Å². The van der Waals surface area contributed by atoms with Gasteiger partial charge in [0.15, 0.2) is 0 Å². The van der Waals surface area contributed by atoms with Crippen molar-refractivity contribution in [2.45, 2.75) is 32.0 Å². The average molecular weight is 444 g/mol. The number of likely N-dealkylation sites (tertiary alicyclic amines) is 1. The van der Waals surface area contributed by atoms with E-state index < -0.39 is 17.7 Å². The number of hydrogen-bond donors (Lipinski definition) is 1. The van der Waals surface area contributed by atoms with Crippen molar-refractivity contribution in [2.24, 2.45) is 0 Å². The van der Waals surface area contributed by atoms with Crippen molar-refractivity contribution in [3.05, 3.63) is 101 Å². The Balaban J connectivity index is 1.61. The minimum Gasteiger partial charge on any atom is -0.507 e. The van der Waals surface area contributed by atoms with Crippen LogP contribution in [-0.2, 0) is 22.6 Å². The Kier molecular flexibility index (Phi) is 5.17. The van der Waals surface area contributed by atoms with Gasteiger partial charge in [-0.15, -0.1) is 0 Å². The molecule has 2 aliphatic heterocycles. The number of amides is 1. The lowest BCUT2D eigenvalue weighted by molar-refractivity contribution is -0.140. The normalized spacial score (nSPS) is 21.2. The number of fused-ring (bicyclic) bond motifs is 1. The van der Waals surface area contributed by atoms with E-state index in [1.807, 2.05) is 6.92 Å². The van der Waals surface area contributed by atoms with E-state index in [9.17, 15) is 19.1 Å². The highest BCUT2D eigenvalue weighted by molar-refractivity contribution is 6.46.